The van der Waals surface area contributed by atoms with Crippen molar-refractivity contribution in [3.63, 3.8) is 0 Å². The fourth-order valence-corrected chi connectivity index (χ4v) is 4.19. The minimum atomic E-state index is 0.776. The van der Waals surface area contributed by atoms with Gasteiger partial charge in [-0.3, -0.25) is 20.1 Å². The summed E-state index contributed by atoms with van der Waals surface area (Å²) in [4.78, 5) is 17.1. The highest BCUT2D eigenvalue weighted by Crippen LogP contribution is 2.33. The first-order valence-electron chi connectivity index (χ1n) is 11.6. The lowest BCUT2D eigenvalue weighted by molar-refractivity contribution is 0.724. The third kappa shape index (κ3) is 4.54. The first-order valence-corrected chi connectivity index (χ1v) is 11.6. The number of pyridine rings is 3. The summed E-state index contributed by atoms with van der Waals surface area (Å²) < 4.78 is 0. The maximum absolute atomic E-state index is 4.65. The van der Waals surface area contributed by atoms with Crippen molar-refractivity contribution in [1.29, 1.82) is 0 Å². The van der Waals surface area contributed by atoms with Gasteiger partial charge in [0.1, 0.15) is 5.69 Å². The minimum Gasteiger partial charge on any atom is -0.357 e. The molecule has 0 bridgehead atoms. The zero-order valence-electron chi connectivity index (χ0n) is 19.8. The number of nitrogens with one attached hydrogen (secondary N) is 3. The summed E-state index contributed by atoms with van der Waals surface area (Å²) in [5.41, 5.74) is 9.59. The summed E-state index contributed by atoms with van der Waals surface area (Å²) >= 11 is 0. The van der Waals surface area contributed by atoms with Crippen LogP contribution in [-0.4, -0.2) is 36.7 Å². The average molecular weight is 462 g/mol. The number of allylic oxidation sites excluding steroid dienone is 2. The molecule has 0 fully saturated rings. The van der Waals surface area contributed by atoms with E-state index in [4.69, 9.17) is 0 Å². The molecule has 0 radical (unpaired) electrons. The molecule has 5 aromatic heterocycles. The highest BCUT2D eigenvalue weighted by atomic mass is 15.1. The second-order valence-electron chi connectivity index (χ2n) is 8.30. The van der Waals surface area contributed by atoms with Gasteiger partial charge in [0, 0.05) is 52.9 Å². The molecule has 0 aromatic carbocycles. The lowest BCUT2D eigenvalue weighted by Crippen LogP contribution is -2.11. The maximum Gasteiger partial charge on any atom is 0.116 e. The van der Waals surface area contributed by atoms with Gasteiger partial charge in [0.15, 0.2) is 0 Å². The van der Waals surface area contributed by atoms with Crippen molar-refractivity contribution >= 4 is 16.5 Å². The second-order valence-corrected chi connectivity index (χ2v) is 8.30. The van der Waals surface area contributed by atoms with Crippen LogP contribution in [0.2, 0.25) is 0 Å². The van der Waals surface area contributed by atoms with Gasteiger partial charge < -0.3 is 10.3 Å². The first kappa shape index (κ1) is 22.4. The zero-order valence-corrected chi connectivity index (χ0v) is 19.8. The molecule has 0 saturated heterocycles. The number of nitrogens with zero attached hydrogens (tertiary/aromatic N) is 4. The van der Waals surface area contributed by atoms with Crippen molar-refractivity contribution in [1.82, 2.24) is 35.5 Å². The van der Waals surface area contributed by atoms with E-state index in [9.17, 15) is 0 Å². The molecule has 0 aliphatic rings. The third-order valence-electron chi connectivity index (χ3n) is 5.90. The van der Waals surface area contributed by atoms with Gasteiger partial charge in [-0.05, 0) is 49.4 Å². The number of H-pyrrole nitrogens is 2. The van der Waals surface area contributed by atoms with E-state index < -0.39 is 0 Å². The minimum absolute atomic E-state index is 0.776. The molecule has 35 heavy (non-hydrogen) atoms. The van der Waals surface area contributed by atoms with Crippen LogP contribution >= 0.6 is 0 Å². The second kappa shape index (κ2) is 9.87. The van der Waals surface area contributed by atoms with Crippen LogP contribution in [0.4, 0.5) is 0 Å². The van der Waals surface area contributed by atoms with E-state index in [0.29, 0.717) is 0 Å². The monoisotopic (exact) mass is 461 g/mol. The van der Waals surface area contributed by atoms with Crippen molar-refractivity contribution < 1.29 is 0 Å². The molecule has 3 N–H and O–H groups in total. The van der Waals surface area contributed by atoms with Crippen LogP contribution < -0.4 is 5.32 Å². The lowest BCUT2D eigenvalue weighted by Gasteiger charge is -2.05. The molecule has 174 valence electrons. The Morgan fingerprint density at radius 2 is 2.03 bits per heavy atom. The summed E-state index contributed by atoms with van der Waals surface area (Å²) in [6.45, 7) is 9.73. The SMILES string of the molecule is C=C/C=C(/c1ccccn1)c1cc(-c2n[nH]c3cnc(-c4cncc(CNCC)c4)cc23)[nH]c1C. The Balaban J connectivity index is 1.55. The predicted octanol–water partition coefficient (Wildman–Crippen LogP) is 5.45. The highest BCUT2D eigenvalue weighted by Gasteiger charge is 2.17. The fourth-order valence-electron chi connectivity index (χ4n) is 4.19. The van der Waals surface area contributed by atoms with E-state index in [-0.39, 0.29) is 0 Å². The summed E-state index contributed by atoms with van der Waals surface area (Å²) in [5.74, 6) is 0. The third-order valence-corrected chi connectivity index (χ3v) is 5.90. The predicted molar refractivity (Wildman–Crippen MR) is 141 cm³/mol. The standard InChI is InChI=1S/C28H27N7/c1-4-8-21(24-9-6-7-10-31-24)22-12-26(33-18(22)3)28-23-13-25(32-17-27(23)34-35-28)20-11-19(14-29-5-2)15-30-16-20/h4,6-13,15-17,29,33H,1,5,14H2,2-3H3,(H,34,35)/b21-8+. The van der Waals surface area contributed by atoms with Crippen molar-refractivity contribution in [3.05, 3.63) is 102 Å². The number of rotatable bonds is 8. The number of aryl methyl sites for hydroxylation is 1. The van der Waals surface area contributed by atoms with Crippen LogP contribution in [0.1, 0.15) is 29.4 Å². The number of aromatic amines is 2. The zero-order chi connectivity index (χ0) is 24.2. The Hall–Kier alpha value is -4.36. The van der Waals surface area contributed by atoms with E-state index >= 15 is 0 Å². The van der Waals surface area contributed by atoms with Gasteiger partial charge in [-0.15, -0.1) is 0 Å². The number of aromatic nitrogens is 6. The number of hydrogen-bond donors (Lipinski definition) is 3. The van der Waals surface area contributed by atoms with Crippen LogP contribution in [0, 0.1) is 6.92 Å². The van der Waals surface area contributed by atoms with E-state index in [2.05, 4.69) is 74.1 Å². The van der Waals surface area contributed by atoms with E-state index in [0.717, 1.165) is 74.7 Å². The average Bonchev–Trinajstić information content (AvgIpc) is 3.49. The largest absolute Gasteiger partial charge is 0.357 e. The summed E-state index contributed by atoms with van der Waals surface area (Å²) in [6, 6.07) is 12.2. The molecule has 5 heterocycles. The Labute approximate surface area is 204 Å². The first-order chi connectivity index (χ1) is 17.2. The molecule has 0 saturated carbocycles. The topological polar surface area (TPSA) is 95.2 Å². The summed E-state index contributed by atoms with van der Waals surface area (Å²) in [6.07, 6.45) is 11.1. The Bertz CT molecular complexity index is 1510. The van der Waals surface area contributed by atoms with Gasteiger partial charge in [-0.1, -0.05) is 31.7 Å². The molecule has 7 heteroatoms. The molecule has 0 unspecified atom stereocenters. The summed E-state index contributed by atoms with van der Waals surface area (Å²) in [7, 11) is 0. The van der Waals surface area contributed by atoms with Crippen LogP contribution in [0.15, 0.2) is 79.9 Å². The van der Waals surface area contributed by atoms with Gasteiger partial charge in [0.25, 0.3) is 0 Å². The molecule has 5 rings (SSSR count). The quantitative estimate of drug-likeness (QED) is 0.267. The van der Waals surface area contributed by atoms with Crippen molar-refractivity contribution in [2.75, 3.05) is 6.54 Å². The Kier molecular flexibility index (Phi) is 6.32. The molecular formula is C28H27N7. The molecule has 0 aliphatic heterocycles. The van der Waals surface area contributed by atoms with Crippen molar-refractivity contribution in [2.24, 2.45) is 0 Å². The lowest BCUT2D eigenvalue weighted by atomic mass is 10.0. The molecule has 0 amide bonds. The van der Waals surface area contributed by atoms with Gasteiger partial charge >= 0.3 is 0 Å². The van der Waals surface area contributed by atoms with Crippen molar-refractivity contribution in [3.8, 4) is 22.6 Å². The fraction of sp³-hybridized carbons (Fsp3) is 0.143. The van der Waals surface area contributed by atoms with Gasteiger partial charge in [-0.25, -0.2) is 0 Å². The van der Waals surface area contributed by atoms with Gasteiger partial charge in [-0.2, -0.15) is 5.10 Å². The molecule has 0 spiro atoms. The number of hydrogen-bond acceptors (Lipinski definition) is 5. The molecule has 7 nitrogen and oxygen atoms in total. The van der Waals surface area contributed by atoms with E-state index in [1.165, 1.54) is 0 Å². The van der Waals surface area contributed by atoms with E-state index in [1.807, 2.05) is 42.9 Å². The molecule has 5 aromatic rings. The smallest absolute Gasteiger partial charge is 0.116 e. The molecule has 0 aliphatic carbocycles. The summed E-state index contributed by atoms with van der Waals surface area (Å²) in [5, 5.41) is 12.1. The van der Waals surface area contributed by atoms with Crippen LogP contribution in [0.5, 0.6) is 0 Å². The number of fused-ring (bicyclic) bond motifs is 1. The van der Waals surface area contributed by atoms with E-state index in [1.54, 1.807) is 12.3 Å². The van der Waals surface area contributed by atoms with Crippen LogP contribution in [-0.2, 0) is 6.54 Å². The normalized spacial score (nSPS) is 11.8. The van der Waals surface area contributed by atoms with Crippen molar-refractivity contribution in [2.45, 2.75) is 20.4 Å². The van der Waals surface area contributed by atoms with Crippen LogP contribution in [0.3, 0.4) is 0 Å². The Morgan fingerprint density at radius 3 is 2.83 bits per heavy atom. The maximum atomic E-state index is 4.65. The highest BCUT2D eigenvalue weighted by molar-refractivity contribution is 5.95. The molecular weight excluding hydrogens is 434 g/mol. The Morgan fingerprint density at radius 1 is 1.11 bits per heavy atom. The van der Waals surface area contributed by atoms with Gasteiger partial charge in [0.2, 0.25) is 0 Å². The van der Waals surface area contributed by atoms with Gasteiger partial charge in [0.05, 0.1) is 28.8 Å². The van der Waals surface area contributed by atoms with Crippen LogP contribution in [0.25, 0.3) is 39.1 Å². The molecule has 0 atom stereocenters.